The second-order valence-corrected chi connectivity index (χ2v) is 6.64. The Balaban J connectivity index is 1.97. The molecule has 23 heavy (non-hydrogen) atoms. The van der Waals surface area contributed by atoms with E-state index in [1.807, 2.05) is 32.2 Å². The van der Waals surface area contributed by atoms with Gasteiger partial charge in [0.25, 0.3) is 0 Å². The van der Waals surface area contributed by atoms with E-state index < -0.39 is 0 Å². The number of likely N-dealkylation sites (tertiary alicyclic amines) is 1. The van der Waals surface area contributed by atoms with Crippen LogP contribution < -0.4 is 4.74 Å². The minimum Gasteiger partial charge on any atom is -0.497 e. The van der Waals surface area contributed by atoms with Crippen molar-refractivity contribution in [2.75, 3.05) is 20.2 Å². The number of aryl methyl sites for hydroxylation is 1. The zero-order chi connectivity index (χ0) is 16.6. The Hall–Kier alpha value is -1.81. The monoisotopic (exact) mass is 314 g/mol. The fourth-order valence-electron chi connectivity index (χ4n) is 3.69. The number of Topliss-reactive ketones (excluding diaryl/α,β-unsaturated/α-hetero) is 1. The standard InChI is InChI=1S/C19H26N2O2/c1-13-7-5-6-10-21(13)12-18(22)19-14(2)20(3)17-9-8-15(23-4)11-16(17)19/h8-9,11,13H,5-7,10,12H2,1-4H3. The summed E-state index contributed by atoms with van der Waals surface area (Å²) in [5.41, 5.74) is 2.96. The van der Waals surface area contributed by atoms with E-state index in [0.717, 1.165) is 34.5 Å². The second-order valence-electron chi connectivity index (χ2n) is 6.64. The molecule has 1 aromatic heterocycles. The third-order valence-corrected chi connectivity index (χ3v) is 5.27. The van der Waals surface area contributed by atoms with E-state index in [1.54, 1.807) is 7.11 Å². The highest BCUT2D eigenvalue weighted by molar-refractivity contribution is 6.10. The first-order chi connectivity index (χ1) is 11.0. The van der Waals surface area contributed by atoms with Crippen molar-refractivity contribution in [1.82, 2.24) is 9.47 Å². The lowest BCUT2D eigenvalue weighted by molar-refractivity contribution is 0.0861. The highest BCUT2D eigenvalue weighted by atomic mass is 16.5. The van der Waals surface area contributed by atoms with Crippen LogP contribution in [0, 0.1) is 6.92 Å². The van der Waals surface area contributed by atoms with Gasteiger partial charge in [0, 0.05) is 35.2 Å². The third kappa shape index (κ3) is 2.88. The van der Waals surface area contributed by atoms with E-state index in [1.165, 1.54) is 19.3 Å². The van der Waals surface area contributed by atoms with Crippen LogP contribution in [0.4, 0.5) is 0 Å². The maximum absolute atomic E-state index is 13.0. The van der Waals surface area contributed by atoms with Crippen LogP contribution in [0.5, 0.6) is 5.75 Å². The molecule has 0 saturated carbocycles. The number of piperidine rings is 1. The molecule has 1 aliphatic heterocycles. The molecule has 1 atom stereocenters. The number of carbonyl (C=O) groups is 1. The molecule has 3 rings (SSSR count). The number of carbonyl (C=O) groups excluding carboxylic acids is 1. The lowest BCUT2D eigenvalue weighted by atomic mass is 10.0. The van der Waals surface area contributed by atoms with Crippen LogP contribution in [0.2, 0.25) is 0 Å². The van der Waals surface area contributed by atoms with Crippen LogP contribution in [0.25, 0.3) is 10.9 Å². The largest absolute Gasteiger partial charge is 0.497 e. The molecule has 0 amide bonds. The van der Waals surface area contributed by atoms with Crippen LogP contribution >= 0.6 is 0 Å². The fraction of sp³-hybridized carbons (Fsp3) is 0.526. The van der Waals surface area contributed by atoms with Gasteiger partial charge in [-0.1, -0.05) is 6.42 Å². The van der Waals surface area contributed by atoms with E-state index in [9.17, 15) is 4.79 Å². The zero-order valence-electron chi connectivity index (χ0n) is 14.6. The van der Waals surface area contributed by atoms with Gasteiger partial charge < -0.3 is 9.30 Å². The molecule has 1 saturated heterocycles. The number of fused-ring (bicyclic) bond motifs is 1. The van der Waals surface area contributed by atoms with Crippen LogP contribution in [0.15, 0.2) is 18.2 Å². The summed E-state index contributed by atoms with van der Waals surface area (Å²) in [6, 6.07) is 6.46. The summed E-state index contributed by atoms with van der Waals surface area (Å²) in [7, 11) is 3.68. The number of methoxy groups -OCH3 is 1. The minimum absolute atomic E-state index is 0.218. The lowest BCUT2D eigenvalue weighted by Crippen LogP contribution is -2.40. The normalized spacial score (nSPS) is 19.2. The molecular weight excluding hydrogens is 288 g/mol. The van der Waals surface area contributed by atoms with Gasteiger partial charge in [-0.25, -0.2) is 0 Å². The van der Waals surface area contributed by atoms with Gasteiger partial charge in [-0.3, -0.25) is 9.69 Å². The van der Waals surface area contributed by atoms with E-state index >= 15 is 0 Å². The van der Waals surface area contributed by atoms with Crippen molar-refractivity contribution in [2.24, 2.45) is 7.05 Å². The Kier molecular flexibility index (Phi) is 4.44. The predicted molar refractivity (Wildman–Crippen MR) is 93.4 cm³/mol. The molecule has 2 aromatic rings. The van der Waals surface area contributed by atoms with Crippen LogP contribution in [-0.2, 0) is 7.05 Å². The fourth-order valence-corrected chi connectivity index (χ4v) is 3.69. The number of benzene rings is 1. The van der Waals surface area contributed by atoms with Crippen molar-refractivity contribution in [1.29, 1.82) is 0 Å². The number of nitrogens with zero attached hydrogens (tertiary/aromatic N) is 2. The molecule has 0 radical (unpaired) electrons. The predicted octanol–water partition coefficient (Wildman–Crippen LogP) is 3.55. The molecule has 1 aliphatic rings. The summed E-state index contributed by atoms with van der Waals surface area (Å²) in [5.74, 6) is 1.01. The highest BCUT2D eigenvalue weighted by Gasteiger charge is 2.24. The SMILES string of the molecule is COc1ccc2c(c1)c(C(=O)CN1CCCCC1C)c(C)n2C. The van der Waals surface area contributed by atoms with Crippen molar-refractivity contribution < 1.29 is 9.53 Å². The number of rotatable bonds is 4. The Morgan fingerprint density at radius 2 is 2.13 bits per heavy atom. The number of ketones is 1. The van der Waals surface area contributed by atoms with Gasteiger partial charge >= 0.3 is 0 Å². The van der Waals surface area contributed by atoms with Crippen molar-refractivity contribution >= 4 is 16.7 Å². The highest BCUT2D eigenvalue weighted by Crippen LogP contribution is 2.29. The van der Waals surface area contributed by atoms with Gasteiger partial charge in [0.05, 0.1) is 13.7 Å². The number of hydrogen-bond donors (Lipinski definition) is 0. The van der Waals surface area contributed by atoms with Gasteiger partial charge in [0.2, 0.25) is 0 Å². The van der Waals surface area contributed by atoms with Crippen molar-refractivity contribution in [3.8, 4) is 5.75 Å². The quantitative estimate of drug-likeness (QED) is 0.809. The Morgan fingerprint density at radius 1 is 1.35 bits per heavy atom. The molecule has 0 aliphatic carbocycles. The molecule has 0 bridgehead atoms. The molecule has 4 nitrogen and oxygen atoms in total. The minimum atomic E-state index is 0.218. The van der Waals surface area contributed by atoms with Crippen molar-refractivity contribution in [3.63, 3.8) is 0 Å². The summed E-state index contributed by atoms with van der Waals surface area (Å²) in [6.45, 7) is 5.79. The number of hydrogen-bond acceptors (Lipinski definition) is 3. The summed E-state index contributed by atoms with van der Waals surface area (Å²) in [5, 5.41) is 0.999. The average Bonchev–Trinajstić information content (AvgIpc) is 2.80. The van der Waals surface area contributed by atoms with Crippen molar-refractivity contribution in [2.45, 2.75) is 39.2 Å². The van der Waals surface area contributed by atoms with Crippen molar-refractivity contribution in [3.05, 3.63) is 29.5 Å². The van der Waals surface area contributed by atoms with Gasteiger partial charge in [-0.2, -0.15) is 0 Å². The first kappa shape index (κ1) is 16.1. The smallest absolute Gasteiger partial charge is 0.179 e. The maximum Gasteiger partial charge on any atom is 0.179 e. The third-order valence-electron chi connectivity index (χ3n) is 5.27. The summed E-state index contributed by atoms with van der Waals surface area (Å²) >= 11 is 0. The number of aromatic nitrogens is 1. The Labute approximate surface area is 138 Å². The van der Waals surface area contributed by atoms with E-state index in [4.69, 9.17) is 4.74 Å². The van der Waals surface area contributed by atoms with Gasteiger partial charge in [0.15, 0.2) is 5.78 Å². The summed E-state index contributed by atoms with van der Waals surface area (Å²) in [4.78, 5) is 15.3. The maximum atomic E-state index is 13.0. The molecule has 0 N–H and O–H groups in total. The molecule has 0 spiro atoms. The molecule has 1 unspecified atom stereocenters. The molecule has 124 valence electrons. The van der Waals surface area contributed by atoms with Crippen LogP contribution in [-0.4, -0.2) is 41.5 Å². The van der Waals surface area contributed by atoms with E-state index in [2.05, 4.69) is 16.4 Å². The lowest BCUT2D eigenvalue weighted by Gasteiger charge is -2.32. The molecule has 4 heteroatoms. The summed E-state index contributed by atoms with van der Waals surface area (Å²) < 4.78 is 7.44. The summed E-state index contributed by atoms with van der Waals surface area (Å²) in [6.07, 6.45) is 3.66. The van der Waals surface area contributed by atoms with Crippen LogP contribution in [0.3, 0.4) is 0 Å². The Bertz CT molecular complexity index is 733. The van der Waals surface area contributed by atoms with Gasteiger partial charge in [0.1, 0.15) is 5.75 Å². The molecule has 1 fully saturated rings. The topological polar surface area (TPSA) is 34.5 Å². The van der Waals surface area contributed by atoms with Gasteiger partial charge in [-0.15, -0.1) is 0 Å². The van der Waals surface area contributed by atoms with E-state index in [-0.39, 0.29) is 5.78 Å². The average molecular weight is 314 g/mol. The number of ether oxygens (including phenoxy) is 1. The molecule has 2 heterocycles. The molecular formula is C19H26N2O2. The Morgan fingerprint density at radius 3 is 2.83 bits per heavy atom. The molecule has 1 aromatic carbocycles. The van der Waals surface area contributed by atoms with E-state index in [0.29, 0.717) is 12.6 Å². The second kappa shape index (κ2) is 6.36. The first-order valence-corrected chi connectivity index (χ1v) is 8.43. The zero-order valence-corrected chi connectivity index (χ0v) is 14.6. The first-order valence-electron chi connectivity index (χ1n) is 8.43. The van der Waals surface area contributed by atoms with Gasteiger partial charge in [-0.05, 0) is 51.4 Å². The van der Waals surface area contributed by atoms with Crippen LogP contribution in [0.1, 0.15) is 42.2 Å².